The number of carbonyl (C=O) groups is 3. The van der Waals surface area contributed by atoms with Gasteiger partial charge >= 0.3 is 5.97 Å². The van der Waals surface area contributed by atoms with E-state index in [9.17, 15) is 14.4 Å². The summed E-state index contributed by atoms with van der Waals surface area (Å²) in [5, 5.41) is 10.3. The van der Waals surface area contributed by atoms with Crippen molar-refractivity contribution in [2.75, 3.05) is 11.9 Å². The van der Waals surface area contributed by atoms with Crippen LogP contribution in [0, 0.1) is 0 Å². The smallest absolute Gasteiger partial charge is 0.338 e. The van der Waals surface area contributed by atoms with Gasteiger partial charge in [-0.1, -0.05) is 18.2 Å². The minimum atomic E-state index is -0.497. The van der Waals surface area contributed by atoms with Gasteiger partial charge in [-0.05, 0) is 42.8 Å². The van der Waals surface area contributed by atoms with Gasteiger partial charge in [0.25, 0.3) is 5.91 Å². The van der Waals surface area contributed by atoms with Crippen LogP contribution >= 0.6 is 0 Å². The summed E-state index contributed by atoms with van der Waals surface area (Å²) in [6.07, 6.45) is 0.0629. The summed E-state index contributed by atoms with van der Waals surface area (Å²) >= 11 is 0. The van der Waals surface area contributed by atoms with Crippen LogP contribution in [0.1, 0.15) is 45.7 Å². The molecule has 3 rings (SSSR count). The molecule has 0 fully saturated rings. The molecular formula is C19H17N3O4. The summed E-state index contributed by atoms with van der Waals surface area (Å²) in [6, 6.07) is 12.9. The summed E-state index contributed by atoms with van der Waals surface area (Å²) in [6.45, 7) is 2.04. The van der Waals surface area contributed by atoms with E-state index in [2.05, 4.69) is 15.5 Å². The van der Waals surface area contributed by atoms with E-state index >= 15 is 0 Å². The number of esters is 1. The van der Waals surface area contributed by atoms with Crippen molar-refractivity contribution in [3.05, 3.63) is 65.2 Å². The molecule has 7 heteroatoms. The molecule has 0 spiro atoms. The molecular weight excluding hydrogens is 334 g/mol. The molecule has 2 aromatic rings. The number of benzene rings is 2. The van der Waals surface area contributed by atoms with E-state index < -0.39 is 17.9 Å². The number of nitrogens with one attached hydrogen (secondary N) is 1. The summed E-state index contributed by atoms with van der Waals surface area (Å²) in [7, 11) is 0. The Labute approximate surface area is 150 Å². The van der Waals surface area contributed by atoms with Gasteiger partial charge in [-0.2, -0.15) is 5.11 Å². The zero-order valence-corrected chi connectivity index (χ0v) is 14.1. The SMILES string of the molecule is CCOC(=O)c1ccc(NC(=O)CC2N=NC(=O)c3ccccc32)cc1. The van der Waals surface area contributed by atoms with Gasteiger partial charge in [0.15, 0.2) is 0 Å². The maximum atomic E-state index is 12.3. The average Bonchev–Trinajstić information content (AvgIpc) is 2.65. The molecule has 0 saturated heterocycles. The number of ether oxygens (including phenoxy) is 1. The van der Waals surface area contributed by atoms with Gasteiger partial charge in [0.2, 0.25) is 5.91 Å². The third-order valence-electron chi connectivity index (χ3n) is 3.90. The van der Waals surface area contributed by atoms with E-state index in [-0.39, 0.29) is 12.3 Å². The van der Waals surface area contributed by atoms with E-state index in [1.54, 1.807) is 55.5 Å². The molecule has 0 radical (unpaired) electrons. The number of carbonyl (C=O) groups excluding carboxylic acids is 3. The van der Waals surface area contributed by atoms with Crippen molar-refractivity contribution in [1.82, 2.24) is 0 Å². The minimum Gasteiger partial charge on any atom is -0.462 e. The van der Waals surface area contributed by atoms with E-state index in [0.717, 1.165) is 0 Å². The number of hydrogen-bond donors (Lipinski definition) is 1. The lowest BCUT2D eigenvalue weighted by Gasteiger charge is -2.17. The van der Waals surface area contributed by atoms with Gasteiger partial charge < -0.3 is 10.1 Å². The Morgan fingerprint density at radius 2 is 1.85 bits per heavy atom. The highest BCUT2D eigenvalue weighted by molar-refractivity contribution is 5.98. The first-order chi connectivity index (χ1) is 12.6. The lowest BCUT2D eigenvalue weighted by molar-refractivity contribution is -0.116. The van der Waals surface area contributed by atoms with Crippen molar-refractivity contribution in [2.45, 2.75) is 19.4 Å². The summed E-state index contributed by atoms with van der Waals surface area (Å²) < 4.78 is 4.91. The van der Waals surface area contributed by atoms with E-state index in [1.807, 2.05) is 0 Å². The first kappa shape index (κ1) is 17.5. The molecule has 1 aliphatic heterocycles. The van der Waals surface area contributed by atoms with Crippen molar-refractivity contribution in [3.63, 3.8) is 0 Å². The number of azo groups is 1. The lowest BCUT2D eigenvalue weighted by atomic mass is 9.97. The predicted octanol–water partition coefficient (Wildman–Crippen LogP) is 3.54. The normalized spacial score (nSPS) is 15.3. The largest absolute Gasteiger partial charge is 0.462 e. The van der Waals surface area contributed by atoms with Crippen LogP contribution in [0.5, 0.6) is 0 Å². The number of nitrogens with zero attached hydrogens (tertiary/aromatic N) is 2. The van der Waals surface area contributed by atoms with Gasteiger partial charge in [-0.25, -0.2) is 4.79 Å². The zero-order valence-electron chi connectivity index (χ0n) is 14.1. The van der Waals surface area contributed by atoms with E-state index in [4.69, 9.17) is 4.74 Å². The molecule has 1 N–H and O–H groups in total. The van der Waals surface area contributed by atoms with Crippen LogP contribution in [-0.4, -0.2) is 24.4 Å². The first-order valence-corrected chi connectivity index (χ1v) is 8.19. The van der Waals surface area contributed by atoms with Crippen molar-refractivity contribution < 1.29 is 19.1 Å². The topological polar surface area (TPSA) is 97.2 Å². The molecule has 2 amide bonds. The molecule has 1 aliphatic rings. The van der Waals surface area contributed by atoms with Crippen LogP contribution in [0.2, 0.25) is 0 Å². The molecule has 1 atom stereocenters. The lowest BCUT2D eigenvalue weighted by Crippen LogP contribution is -2.18. The summed E-state index contributed by atoms with van der Waals surface area (Å²) in [5.74, 6) is -1.07. The molecule has 0 aromatic heterocycles. The van der Waals surface area contributed by atoms with Gasteiger partial charge in [0.05, 0.1) is 18.6 Å². The third-order valence-corrected chi connectivity index (χ3v) is 3.90. The fourth-order valence-corrected chi connectivity index (χ4v) is 2.66. The number of rotatable bonds is 5. The highest BCUT2D eigenvalue weighted by Crippen LogP contribution is 2.30. The molecule has 26 heavy (non-hydrogen) atoms. The van der Waals surface area contributed by atoms with Crippen LogP contribution in [-0.2, 0) is 9.53 Å². The summed E-state index contributed by atoms with van der Waals surface area (Å²) in [4.78, 5) is 35.7. The molecule has 2 aromatic carbocycles. The molecule has 0 bridgehead atoms. The second kappa shape index (κ2) is 7.69. The fourth-order valence-electron chi connectivity index (χ4n) is 2.66. The van der Waals surface area contributed by atoms with Gasteiger partial charge in [-0.3, -0.25) is 9.59 Å². The minimum absolute atomic E-state index is 0.0629. The van der Waals surface area contributed by atoms with Gasteiger partial charge in [0.1, 0.15) is 6.04 Å². The number of anilines is 1. The predicted molar refractivity (Wildman–Crippen MR) is 94.0 cm³/mol. The van der Waals surface area contributed by atoms with E-state index in [0.29, 0.717) is 29.0 Å². The summed E-state index contributed by atoms with van der Waals surface area (Å²) in [5.41, 5.74) is 2.14. The highest BCUT2D eigenvalue weighted by atomic mass is 16.5. The Kier molecular flexibility index (Phi) is 5.17. The zero-order chi connectivity index (χ0) is 18.5. The van der Waals surface area contributed by atoms with Gasteiger partial charge in [-0.15, -0.1) is 5.11 Å². The Morgan fingerprint density at radius 1 is 1.12 bits per heavy atom. The van der Waals surface area contributed by atoms with Crippen LogP contribution in [0.3, 0.4) is 0 Å². The monoisotopic (exact) mass is 351 g/mol. The third kappa shape index (κ3) is 3.83. The van der Waals surface area contributed by atoms with Crippen LogP contribution < -0.4 is 5.32 Å². The van der Waals surface area contributed by atoms with Crippen LogP contribution in [0.15, 0.2) is 58.8 Å². The van der Waals surface area contributed by atoms with Crippen LogP contribution in [0.25, 0.3) is 0 Å². The maximum Gasteiger partial charge on any atom is 0.338 e. The Hall–Kier alpha value is -3.35. The second-order valence-electron chi connectivity index (χ2n) is 5.67. The van der Waals surface area contributed by atoms with Crippen molar-refractivity contribution >= 4 is 23.5 Å². The Bertz CT molecular complexity index is 875. The molecule has 0 aliphatic carbocycles. The Morgan fingerprint density at radius 3 is 2.58 bits per heavy atom. The van der Waals surface area contributed by atoms with Crippen molar-refractivity contribution in [1.29, 1.82) is 0 Å². The number of amides is 2. The fraction of sp³-hybridized carbons (Fsp3) is 0.211. The van der Waals surface area contributed by atoms with Crippen LogP contribution in [0.4, 0.5) is 5.69 Å². The highest BCUT2D eigenvalue weighted by Gasteiger charge is 2.25. The van der Waals surface area contributed by atoms with Gasteiger partial charge in [0, 0.05) is 11.3 Å². The van der Waals surface area contributed by atoms with Crippen molar-refractivity contribution in [2.24, 2.45) is 10.2 Å². The molecule has 1 unspecified atom stereocenters. The number of hydrogen-bond acceptors (Lipinski definition) is 5. The first-order valence-electron chi connectivity index (χ1n) is 8.19. The molecule has 132 valence electrons. The molecule has 7 nitrogen and oxygen atoms in total. The Balaban J connectivity index is 1.65. The molecule has 1 heterocycles. The van der Waals surface area contributed by atoms with Crippen molar-refractivity contribution in [3.8, 4) is 0 Å². The van der Waals surface area contributed by atoms with E-state index in [1.165, 1.54) is 0 Å². The average molecular weight is 351 g/mol. The molecule has 0 saturated carbocycles. The quantitative estimate of drug-likeness (QED) is 0.833. The second-order valence-corrected chi connectivity index (χ2v) is 5.67. The maximum absolute atomic E-state index is 12.3. The standard InChI is InChI=1S/C19H17N3O4/c1-2-26-19(25)12-7-9-13(10-8-12)20-17(23)11-16-14-5-3-4-6-15(14)18(24)22-21-16/h3-10,16H,2,11H2,1H3,(H,20,23). The number of fused-ring (bicyclic) bond motifs is 1.